The SMILES string of the molecule is C[C@H]1Cc2ccccc2CN1C(=O)c1cc2ncc(Br)cn2n1. The van der Waals surface area contributed by atoms with E-state index in [2.05, 4.69) is 51.1 Å². The van der Waals surface area contributed by atoms with Crippen molar-refractivity contribution < 1.29 is 4.79 Å². The third-order valence-electron chi connectivity index (χ3n) is 4.27. The fourth-order valence-corrected chi connectivity index (χ4v) is 3.35. The summed E-state index contributed by atoms with van der Waals surface area (Å²) in [6.07, 6.45) is 4.37. The summed E-state index contributed by atoms with van der Waals surface area (Å²) in [5.74, 6) is -0.0476. The average molecular weight is 371 g/mol. The molecule has 0 N–H and O–H groups in total. The van der Waals surface area contributed by atoms with Crippen LogP contribution in [0.1, 0.15) is 28.5 Å². The molecule has 1 amide bonds. The number of aromatic nitrogens is 3. The minimum Gasteiger partial charge on any atom is -0.330 e. The molecule has 0 spiro atoms. The number of rotatable bonds is 1. The van der Waals surface area contributed by atoms with E-state index in [1.165, 1.54) is 11.1 Å². The van der Waals surface area contributed by atoms with Crippen LogP contribution in [0.2, 0.25) is 0 Å². The Balaban J connectivity index is 1.68. The zero-order valence-corrected chi connectivity index (χ0v) is 14.2. The van der Waals surface area contributed by atoms with Crippen LogP contribution in [-0.4, -0.2) is 31.4 Å². The van der Waals surface area contributed by atoms with E-state index in [9.17, 15) is 4.79 Å². The highest BCUT2D eigenvalue weighted by Crippen LogP contribution is 2.24. The van der Waals surface area contributed by atoms with Crippen molar-refractivity contribution in [2.24, 2.45) is 0 Å². The smallest absolute Gasteiger partial charge is 0.275 e. The van der Waals surface area contributed by atoms with Crippen LogP contribution in [0.4, 0.5) is 0 Å². The molecule has 1 aliphatic heterocycles. The minimum atomic E-state index is -0.0476. The second-order valence-electron chi connectivity index (χ2n) is 5.86. The summed E-state index contributed by atoms with van der Waals surface area (Å²) in [4.78, 5) is 19.0. The van der Waals surface area contributed by atoms with E-state index >= 15 is 0 Å². The van der Waals surface area contributed by atoms with E-state index in [1.54, 1.807) is 23.0 Å². The van der Waals surface area contributed by atoms with Crippen molar-refractivity contribution in [2.45, 2.75) is 25.9 Å². The summed E-state index contributed by atoms with van der Waals surface area (Å²) < 4.78 is 2.45. The Hall–Kier alpha value is -2.21. The maximum atomic E-state index is 12.9. The number of nitrogens with zero attached hydrogens (tertiary/aromatic N) is 4. The maximum Gasteiger partial charge on any atom is 0.275 e. The van der Waals surface area contributed by atoms with E-state index in [0.717, 1.165) is 10.9 Å². The van der Waals surface area contributed by atoms with Crippen LogP contribution in [-0.2, 0) is 13.0 Å². The zero-order chi connectivity index (χ0) is 16.0. The van der Waals surface area contributed by atoms with Gasteiger partial charge in [0.25, 0.3) is 5.91 Å². The van der Waals surface area contributed by atoms with Crippen LogP contribution in [0.5, 0.6) is 0 Å². The first-order valence-corrected chi connectivity index (χ1v) is 8.30. The first-order chi connectivity index (χ1) is 11.1. The molecular weight excluding hydrogens is 356 g/mol. The molecule has 2 aromatic heterocycles. The Labute approximate surface area is 142 Å². The van der Waals surface area contributed by atoms with Crippen LogP contribution in [0, 0.1) is 0 Å². The van der Waals surface area contributed by atoms with E-state index < -0.39 is 0 Å². The molecule has 0 radical (unpaired) electrons. The van der Waals surface area contributed by atoms with Crippen LogP contribution in [0.3, 0.4) is 0 Å². The van der Waals surface area contributed by atoms with Crippen LogP contribution >= 0.6 is 15.9 Å². The lowest BCUT2D eigenvalue weighted by molar-refractivity contribution is 0.0652. The molecular formula is C17H15BrN4O. The van der Waals surface area contributed by atoms with Crippen molar-refractivity contribution in [1.82, 2.24) is 19.5 Å². The summed E-state index contributed by atoms with van der Waals surface area (Å²) >= 11 is 3.36. The number of fused-ring (bicyclic) bond motifs is 2. The molecule has 0 saturated heterocycles. The van der Waals surface area contributed by atoms with Crippen molar-refractivity contribution >= 4 is 27.5 Å². The summed E-state index contributed by atoms with van der Waals surface area (Å²) in [5.41, 5.74) is 3.64. The topological polar surface area (TPSA) is 50.5 Å². The van der Waals surface area contributed by atoms with Gasteiger partial charge in [-0.3, -0.25) is 4.79 Å². The molecule has 0 aliphatic carbocycles. The van der Waals surface area contributed by atoms with Crippen molar-refractivity contribution in [2.75, 3.05) is 0 Å². The molecule has 116 valence electrons. The van der Waals surface area contributed by atoms with Gasteiger partial charge in [0, 0.05) is 31.0 Å². The predicted octanol–water partition coefficient (Wildman–Crippen LogP) is 3.08. The Morgan fingerprint density at radius 3 is 2.91 bits per heavy atom. The van der Waals surface area contributed by atoms with Gasteiger partial charge in [0.05, 0.1) is 4.47 Å². The van der Waals surface area contributed by atoms with Crippen molar-refractivity contribution in [3.8, 4) is 0 Å². The molecule has 4 rings (SSSR count). The number of hydrogen-bond donors (Lipinski definition) is 0. The first-order valence-electron chi connectivity index (χ1n) is 7.50. The van der Waals surface area contributed by atoms with Gasteiger partial charge in [-0.15, -0.1) is 0 Å². The van der Waals surface area contributed by atoms with Gasteiger partial charge in [0.1, 0.15) is 0 Å². The van der Waals surface area contributed by atoms with Gasteiger partial charge in [-0.2, -0.15) is 5.10 Å². The number of carbonyl (C=O) groups is 1. The quantitative estimate of drug-likeness (QED) is 0.661. The molecule has 1 atom stereocenters. The van der Waals surface area contributed by atoms with Crippen LogP contribution < -0.4 is 0 Å². The molecule has 0 unspecified atom stereocenters. The summed E-state index contributed by atoms with van der Waals surface area (Å²) in [5, 5.41) is 4.37. The monoisotopic (exact) mass is 370 g/mol. The Morgan fingerprint density at radius 1 is 1.30 bits per heavy atom. The van der Waals surface area contributed by atoms with E-state index in [1.807, 2.05) is 11.0 Å². The van der Waals surface area contributed by atoms with Gasteiger partial charge in [-0.25, -0.2) is 9.50 Å². The number of halogens is 1. The second-order valence-corrected chi connectivity index (χ2v) is 6.78. The lowest BCUT2D eigenvalue weighted by Gasteiger charge is -2.34. The maximum absolute atomic E-state index is 12.9. The Kier molecular flexibility index (Phi) is 3.41. The molecule has 0 fully saturated rings. The van der Waals surface area contributed by atoms with E-state index in [-0.39, 0.29) is 11.9 Å². The minimum absolute atomic E-state index is 0.0476. The van der Waals surface area contributed by atoms with Crippen molar-refractivity contribution in [3.05, 3.63) is 64.0 Å². The largest absolute Gasteiger partial charge is 0.330 e. The van der Waals surface area contributed by atoms with Gasteiger partial charge in [-0.05, 0) is 40.4 Å². The van der Waals surface area contributed by atoms with Crippen LogP contribution in [0.25, 0.3) is 5.65 Å². The molecule has 3 heterocycles. The highest BCUT2D eigenvalue weighted by atomic mass is 79.9. The lowest BCUT2D eigenvalue weighted by Crippen LogP contribution is -2.42. The summed E-state index contributed by atoms with van der Waals surface area (Å²) in [6, 6.07) is 10.2. The number of carbonyl (C=O) groups excluding carboxylic acids is 1. The summed E-state index contributed by atoms with van der Waals surface area (Å²) in [6.45, 7) is 2.71. The van der Waals surface area contributed by atoms with Gasteiger partial charge in [0.15, 0.2) is 11.3 Å². The third kappa shape index (κ3) is 2.53. The van der Waals surface area contributed by atoms with Gasteiger partial charge in [-0.1, -0.05) is 24.3 Å². The fourth-order valence-electron chi connectivity index (χ4n) is 3.06. The van der Waals surface area contributed by atoms with E-state index in [4.69, 9.17) is 0 Å². The number of benzene rings is 1. The Morgan fingerprint density at radius 2 is 2.09 bits per heavy atom. The fraction of sp³-hybridized carbons (Fsp3) is 0.235. The summed E-state index contributed by atoms with van der Waals surface area (Å²) in [7, 11) is 0. The predicted molar refractivity (Wildman–Crippen MR) is 90.2 cm³/mol. The van der Waals surface area contributed by atoms with E-state index in [0.29, 0.717) is 17.9 Å². The average Bonchev–Trinajstić information content (AvgIpc) is 2.96. The first kappa shape index (κ1) is 14.4. The van der Waals surface area contributed by atoms with Gasteiger partial charge in [0.2, 0.25) is 0 Å². The molecule has 3 aromatic rings. The van der Waals surface area contributed by atoms with Gasteiger partial charge >= 0.3 is 0 Å². The molecule has 6 heteroatoms. The number of hydrogen-bond acceptors (Lipinski definition) is 3. The standard InChI is InChI=1S/C17H15BrN4O/c1-11-6-12-4-2-3-5-13(12)9-21(11)17(23)15-7-16-19-8-14(18)10-22(16)20-15/h2-5,7-8,10-11H,6,9H2,1H3/t11-/m0/s1. The Bertz CT molecular complexity index is 904. The highest BCUT2D eigenvalue weighted by Gasteiger charge is 2.28. The molecule has 1 aromatic carbocycles. The highest BCUT2D eigenvalue weighted by molar-refractivity contribution is 9.10. The van der Waals surface area contributed by atoms with Crippen molar-refractivity contribution in [1.29, 1.82) is 0 Å². The second kappa shape index (κ2) is 5.45. The van der Waals surface area contributed by atoms with Gasteiger partial charge < -0.3 is 4.90 Å². The molecule has 0 bridgehead atoms. The molecule has 23 heavy (non-hydrogen) atoms. The number of amides is 1. The molecule has 5 nitrogen and oxygen atoms in total. The normalized spacial score (nSPS) is 17.3. The molecule has 1 aliphatic rings. The lowest BCUT2D eigenvalue weighted by atomic mass is 9.94. The van der Waals surface area contributed by atoms with Crippen LogP contribution in [0.15, 0.2) is 47.2 Å². The van der Waals surface area contributed by atoms with Crippen molar-refractivity contribution in [3.63, 3.8) is 0 Å². The molecule has 0 saturated carbocycles. The third-order valence-corrected chi connectivity index (χ3v) is 4.68. The zero-order valence-electron chi connectivity index (χ0n) is 12.6.